The van der Waals surface area contributed by atoms with Crippen molar-refractivity contribution in [3.63, 3.8) is 0 Å². The Morgan fingerprint density at radius 1 is 1.15 bits per heavy atom. The van der Waals surface area contributed by atoms with Crippen LogP contribution in [-0.4, -0.2) is 38.4 Å². The number of nitrogens with zero attached hydrogens (tertiary/aromatic N) is 3. The highest BCUT2D eigenvalue weighted by atomic mass is 19.1. The lowest BCUT2D eigenvalue weighted by Crippen LogP contribution is -2.32. The van der Waals surface area contributed by atoms with E-state index in [1.54, 1.807) is 35.4 Å². The Morgan fingerprint density at radius 3 is 2.63 bits per heavy atom. The van der Waals surface area contributed by atoms with Crippen LogP contribution in [0.2, 0.25) is 0 Å². The Labute approximate surface area is 156 Å². The van der Waals surface area contributed by atoms with Gasteiger partial charge in [-0.1, -0.05) is 0 Å². The van der Waals surface area contributed by atoms with Gasteiger partial charge in [0.25, 0.3) is 5.91 Å². The minimum absolute atomic E-state index is 0.183. The molecule has 1 aromatic carbocycles. The van der Waals surface area contributed by atoms with Gasteiger partial charge in [-0.2, -0.15) is 5.10 Å². The zero-order valence-electron chi connectivity index (χ0n) is 14.8. The van der Waals surface area contributed by atoms with E-state index in [-0.39, 0.29) is 17.8 Å². The van der Waals surface area contributed by atoms with Gasteiger partial charge in [-0.25, -0.2) is 9.07 Å². The first-order chi connectivity index (χ1) is 13.1. The number of aromatic nitrogens is 3. The van der Waals surface area contributed by atoms with E-state index in [1.807, 2.05) is 0 Å². The van der Waals surface area contributed by atoms with Crippen molar-refractivity contribution in [2.45, 2.75) is 31.8 Å². The van der Waals surface area contributed by atoms with Gasteiger partial charge in [0.1, 0.15) is 5.82 Å². The normalized spacial score (nSPS) is 19.9. The first-order valence-electron chi connectivity index (χ1n) is 9.16. The number of fused-ring (bicyclic) bond motifs is 1. The molecule has 1 saturated carbocycles. The molecule has 0 aliphatic heterocycles. The number of benzene rings is 1. The maximum absolute atomic E-state index is 13.2. The summed E-state index contributed by atoms with van der Waals surface area (Å²) in [7, 11) is 0. The second-order valence-corrected chi connectivity index (χ2v) is 7.04. The van der Waals surface area contributed by atoms with E-state index < -0.39 is 0 Å². The van der Waals surface area contributed by atoms with Gasteiger partial charge >= 0.3 is 0 Å². The van der Waals surface area contributed by atoms with Crippen molar-refractivity contribution >= 4 is 16.8 Å². The third kappa shape index (κ3) is 3.68. The molecule has 6 nitrogen and oxygen atoms in total. The van der Waals surface area contributed by atoms with Gasteiger partial charge in [0.05, 0.1) is 35.3 Å². The molecule has 0 atom stereocenters. The van der Waals surface area contributed by atoms with Gasteiger partial charge in [-0.3, -0.25) is 9.78 Å². The standard InChI is InChI=1S/C20H21FN4O2/c21-14-3-5-15(6-4-14)25-19-12-22-10-18(17(19)11-24-25)20(27)23-9-13-1-7-16(26)8-2-13/h3-6,10-13,16,26H,1-2,7-9H2,(H,23,27). The van der Waals surface area contributed by atoms with Crippen molar-refractivity contribution in [1.29, 1.82) is 0 Å². The molecule has 0 saturated heterocycles. The van der Waals surface area contributed by atoms with Gasteiger partial charge in [-0.05, 0) is 55.9 Å². The highest BCUT2D eigenvalue weighted by Crippen LogP contribution is 2.24. The van der Waals surface area contributed by atoms with Crippen LogP contribution < -0.4 is 5.32 Å². The monoisotopic (exact) mass is 368 g/mol. The number of nitrogens with one attached hydrogen (secondary N) is 1. The second kappa shape index (κ2) is 7.44. The van der Waals surface area contributed by atoms with Crippen LogP contribution in [0, 0.1) is 11.7 Å². The molecular weight excluding hydrogens is 347 g/mol. The molecule has 27 heavy (non-hydrogen) atoms. The molecule has 2 N–H and O–H groups in total. The highest BCUT2D eigenvalue weighted by molar-refractivity contribution is 6.05. The number of pyridine rings is 1. The van der Waals surface area contributed by atoms with Crippen LogP contribution in [0.3, 0.4) is 0 Å². The summed E-state index contributed by atoms with van der Waals surface area (Å²) in [4.78, 5) is 16.9. The minimum atomic E-state index is -0.316. The summed E-state index contributed by atoms with van der Waals surface area (Å²) >= 11 is 0. The summed E-state index contributed by atoms with van der Waals surface area (Å²) in [5.41, 5.74) is 1.86. The van der Waals surface area contributed by atoms with Crippen molar-refractivity contribution in [3.8, 4) is 5.69 Å². The first kappa shape index (κ1) is 17.6. The van der Waals surface area contributed by atoms with Crippen LogP contribution in [0.1, 0.15) is 36.0 Å². The topological polar surface area (TPSA) is 80.0 Å². The van der Waals surface area contributed by atoms with Crippen LogP contribution >= 0.6 is 0 Å². The van der Waals surface area contributed by atoms with Gasteiger partial charge in [0.2, 0.25) is 0 Å². The predicted octanol–water partition coefficient (Wildman–Crippen LogP) is 2.84. The van der Waals surface area contributed by atoms with Crippen LogP contribution in [0.5, 0.6) is 0 Å². The number of carbonyl (C=O) groups excluding carboxylic acids is 1. The molecule has 3 aromatic rings. The molecule has 2 aromatic heterocycles. The fourth-order valence-corrected chi connectivity index (χ4v) is 3.59. The summed E-state index contributed by atoms with van der Waals surface area (Å²) < 4.78 is 14.8. The molecular formula is C20H21FN4O2. The SMILES string of the molecule is O=C(NCC1CCC(O)CC1)c1cncc2c1cnn2-c1ccc(F)cc1. The number of aliphatic hydroxyl groups excluding tert-OH is 1. The zero-order chi connectivity index (χ0) is 18.8. The number of halogens is 1. The molecule has 1 aliphatic carbocycles. The summed E-state index contributed by atoms with van der Waals surface area (Å²) in [5, 5.41) is 17.6. The molecule has 0 unspecified atom stereocenters. The van der Waals surface area contributed by atoms with Crippen LogP contribution in [-0.2, 0) is 0 Å². The van der Waals surface area contributed by atoms with E-state index in [0.29, 0.717) is 34.6 Å². The Bertz CT molecular complexity index is 946. The number of carbonyl (C=O) groups is 1. The van der Waals surface area contributed by atoms with Gasteiger partial charge in [0, 0.05) is 18.1 Å². The maximum Gasteiger partial charge on any atom is 0.253 e. The zero-order valence-corrected chi connectivity index (χ0v) is 14.8. The fourth-order valence-electron chi connectivity index (χ4n) is 3.59. The lowest BCUT2D eigenvalue weighted by molar-refractivity contribution is 0.0911. The lowest BCUT2D eigenvalue weighted by atomic mass is 9.87. The Hall–Kier alpha value is -2.80. The second-order valence-electron chi connectivity index (χ2n) is 7.04. The van der Waals surface area contributed by atoms with E-state index in [0.717, 1.165) is 25.7 Å². The van der Waals surface area contributed by atoms with Crippen molar-refractivity contribution in [1.82, 2.24) is 20.1 Å². The van der Waals surface area contributed by atoms with Crippen molar-refractivity contribution in [2.24, 2.45) is 5.92 Å². The molecule has 1 fully saturated rings. The molecule has 1 amide bonds. The highest BCUT2D eigenvalue weighted by Gasteiger charge is 2.21. The summed E-state index contributed by atoms with van der Waals surface area (Å²) in [6.07, 6.45) is 8.05. The van der Waals surface area contributed by atoms with Crippen molar-refractivity contribution in [2.75, 3.05) is 6.54 Å². The first-order valence-corrected chi connectivity index (χ1v) is 9.16. The smallest absolute Gasteiger partial charge is 0.253 e. The summed E-state index contributed by atoms with van der Waals surface area (Å²) in [6.45, 7) is 0.591. The third-order valence-corrected chi connectivity index (χ3v) is 5.18. The van der Waals surface area contributed by atoms with Gasteiger partial charge in [-0.15, -0.1) is 0 Å². The Balaban J connectivity index is 1.54. The molecule has 1 aliphatic rings. The van der Waals surface area contributed by atoms with Crippen molar-refractivity contribution in [3.05, 3.63) is 54.2 Å². The van der Waals surface area contributed by atoms with E-state index >= 15 is 0 Å². The van der Waals surface area contributed by atoms with E-state index in [4.69, 9.17) is 0 Å². The quantitative estimate of drug-likeness (QED) is 0.742. The fraction of sp³-hybridized carbons (Fsp3) is 0.350. The van der Waals surface area contributed by atoms with Crippen molar-refractivity contribution < 1.29 is 14.3 Å². The lowest BCUT2D eigenvalue weighted by Gasteiger charge is -2.25. The number of aliphatic hydroxyl groups is 1. The molecule has 4 rings (SSSR count). The molecule has 0 spiro atoms. The predicted molar refractivity (Wildman–Crippen MR) is 99.1 cm³/mol. The Kier molecular flexibility index (Phi) is 4.85. The number of amides is 1. The summed E-state index contributed by atoms with van der Waals surface area (Å²) in [5.74, 6) is -0.104. The third-order valence-electron chi connectivity index (χ3n) is 5.18. The van der Waals surface area contributed by atoms with E-state index in [9.17, 15) is 14.3 Å². The molecule has 7 heteroatoms. The molecule has 0 radical (unpaired) electrons. The molecule has 0 bridgehead atoms. The number of hydrogen-bond donors (Lipinski definition) is 2. The molecule has 140 valence electrons. The average molecular weight is 368 g/mol. The Morgan fingerprint density at radius 2 is 1.89 bits per heavy atom. The summed E-state index contributed by atoms with van der Waals surface area (Å²) in [6, 6.07) is 6.00. The largest absolute Gasteiger partial charge is 0.393 e. The van der Waals surface area contributed by atoms with Crippen LogP contribution in [0.25, 0.3) is 16.6 Å². The van der Waals surface area contributed by atoms with Crippen LogP contribution in [0.15, 0.2) is 42.9 Å². The van der Waals surface area contributed by atoms with E-state index in [1.165, 1.54) is 12.1 Å². The van der Waals surface area contributed by atoms with Gasteiger partial charge in [0.15, 0.2) is 0 Å². The van der Waals surface area contributed by atoms with E-state index in [2.05, 4.69) is 15.4 Å². The van der Waals surface area contributed by atoms with Crippen LogP contribution in [0.4, 0.5) is 4.39 Å². The maximum atomic E-state index is 13.2. The minimum Gasteiger partial charge on any atom is -0.393 e. The molecule has 2 heterocycles. The average Bonchev–Trinajstić information content (AvgIpc) is 3.12. The van der Waals surface area contributed by atoms with Gasteiger partial charge < -0.3 is 10.4 Å². The number of hydrogen-bond acceptors (Lipinski definition) is 4. The number of rotatable bonds is 4.